The predicted octanol–water partition coefficient (Wildman–Crippen LogP) is 2.24. The van der Waals surface area contributed by atoms with E-state index in [9.17, 15) is 9.59 Å². The van der Waals surface area contributed by atoms with Gasteiger partial charge in [0.2, 0.25) is 0 Å². The van der Waals surface area contributed by atoms with E-state index in [4.69, 9.17) is 14.3 Å². The molecule has 128 valence electrons. The van der Waals surface area contributed by atoms with E-state index in [2.05, 4.69) is 5.16 Å². The second-order valence-corrected chi connectivity index (χ2v) is 5.27. The molecule has 7 heteroatoms. The van der Waals surface area contributed by atoms with E-state index in [0.717, 1.165) is 0 Å². The number of benzene rings is 2. The Morgan fingerprint density at radius 2 is 1.76 bits per heavy atom. The van der Waals surface area contributed by atoms with Gasteiger partial charge in [-0.25, -0.2) is 4.79 Å². The first-order valence-corrected chi connectivity index (χ1v) is 7.45. The molecule has 0 aliphatic carbocycles. The number of carbonyl (C=O) groups is 2. The monoisotopic (exact) mass is 340 g/mol. The fourth-order valence-electron chi connectivity index (χ4n) is 2.54. The number of fused-ring (bicyclic) bond motifs is 1. The highest BCUT2D eigenvalue weighted by molar-refractivity contribution is 6.54. The van der Waals surface area contributed by atoms with Crippen molar-refractivity contribution in [3.8, 4) is 11.5 Å². The molecule has 0 saturated heterocycles. The summed E-state index contributed by atoms with van der Waals surface area (Å²) in [6, 6.07) is 11.8. The number of para-hydroxylation sites is 1. The zero-order valence-electron chi connectivity index (χ0n) is 14.0. The quantitative estimate of drug-likeness (QED) is 0.630. The molecule has 0 N–H and O–H groups in total. The maximum Gasteiger partial charge on any atom is 0.365 e. The van der Waals surface area contributed by atoms with Gasteiger partial charge in [-0.3, -0.25) is 4.79 Å². The highest BCUT2D eigenvalue weighted by Crippen LogP contribution is 2.29. The number of carbonyl (C=O) groups excluding carboxylic acids is 2. The van der Waals surface area contributed by atoms with E-state index in [1.54, 1.807) is 31.3 Å². The van der Waals surface area contributed by atoms with Crippen LogP contribution in [0.1, 0.15) is 15.9 Å². The molecule has 1 heterocycles. The first kappa shape index (κ1) is 16.5. The molecule has 1 aliphatic heterocycles. The molecule has 0 fully saturated rings. The molecule has 25 heavy (non-hydrogen) atoms. The van der Waals surface area contributed by atoms with E-state index in [1.165, 1.54) is 31.3 Å². The number of oxime groups is 1. The SMILES string of the molecule is COc1ccc(C(=O)O/N=C2\C(=O)N(C)c3ccccc32)cc1OC. The van der Waals surface area contributed by atoms with Gasteiger partial charge in [0.05, 0.1) is 25.5 Å². The summed E-state index contributed by atoms with van der Waals surface area (Å²) in [4.78, 5) is 30.9. The van der Waals surface area contributed by atoms with Crippen molar-refractivity contribution in [3.05, 3.63) is 53.6 Å². The van der Waals surface area contributed by atoms with E-state index in [1.807, 2.05) is 6.07 Å². The number of hydrogen-bond donors (Lipinski definition) is 0. The van der Waals surface area contributed by atoms with Gasteiger partial charge < -0.3 is 19.2 Å². The average Bonchev–Trinajstić information content (AvgIpc) is 2.90. The van der Waals surface area contributed by atoms with Crippen molar-refractivity contribution in [2.45, 2.75) is 0 Å². The third-order valence-corrected chi connectivity index (χ3v) is 3.87. The second kappa shape index (κ2) is 6.64. The average molecular weight is 340 g/mol. The Bertz CT molecular complexity index is 876. The van der Waals surface area contributed by atoms with Crippen LogP contribution in [-0.4, -0.2) is 38.9 Å². The van der Waals surface area contributed by atoms with Crippen molar-refractivity contribution in [3.63, 3.8) is 0 Å². The summed E-state index contributed by atoms with van der Waals surface area (Å²) in [5.41, 5.74) is 1.66. The number of methoxy groups -OCH3 is 2. The van der Waals surface area contributed by atoms with Crippen LogP contribution in [-0.2, 0) is 9.63 Å². The largest absolute Gasteiger partial charge is 0.493 e. The number of rotatable bonds is 4. The van der Waals surface area contributed by atoms with E-state index in [0.29, 0.717) is 22.7 Å². The summed E-state index contributed by atoms with van der Waals surface area (Å²) in [7, 11) is 4.61. The van der Waals surface area contributed by atoms with Crippen molar-refractivity contribution < 1.29 is 23.9 Å². The molecular formula is C18H16N2O5. The zero-order valence-corrected chi connectivity index (χ0v) is 14.0. The topological polar surface area (TPSA) is 77.4 Å². The zero-order chi connectivity index (χ0) is 18.0. The predicted molar refractivity (Wildman–Crippen MR) is 91.4 cm³/mol. The summed E-state index contributed by atoms with van der Waals surface area (Å²) in [6.07, 6.45) is 0. The standard InChI is InChI=1S/C18H16N2O5/c1-20-13-7-5-4-6-12(13)16(17(20)21)19-25-18(22)11-8-9-14(23-2)15(10-11)24-3/h4-10H,1-3H3/b19-16-. The van der Waals surface area contributed by atoms with Crippen LogP contribution >= 0.6 is 0 Å². The minimum atomic E-state index is -0.701. The Labute approximate surface area is 144 Å². The van der Waals surface area contributed by atoms with Crippen LogP contribution in [0.15, 0.2) is 47.6 Å². The van der Waals surface area contributed by atoms with Gasteiger partial charge in [-0.15, -0.1) is 0 Å². The Morgan fingerprint density at radius 3 is 2.48 bits per heavy atom. The van der Waals surface area contributed by atoms with Crippen LogP contribution in [0.5, 0.6) is 11.5 Å². The molecule has 7 nitrogen and oxygen atoms in total. The van der Waals surface area contributed by atoms with Crippen LogP contribution in [0.3, 0.4) is 0 Å². The molecule has 0 unspecified atom stereocenters. The normalized spacial score (nSPS) is 14.4. The molecule has 2 aromatic carbocycles. The highest BCUT2D eigenvalue weighted by atomic mass is 16.7. The summed E-state index contributed by atoms with van der Waals surface area (Å²) in [6.45, 7) is 0. The number of likely N-dealkylation sites (N-methyl/N-ethyl adjacent to an activating group) is 1. The van der Waals surface area contributed by atoms with Crippen molar-refractivity contribution >= 4 is 23.3 Å². The molecule has 2 aromatic rings. The number of amides is 1. The van der Waals surface area contributed by atoms with Crippen molar-refractivity contribution in [2.24, 2.45) is 5.16 Å². The van der Waals surface area contributed by atoms with Gasteiger partial charge in [0.25, 0.3) is 5.91 Å². The summed E-state index contributed by atoms with van der Waals surface area (Å²) in [5, 5.41) is 3.77. The molecule has 0 bridgehead atoms. The van der Waals surface area contributed by atoms with Gasteiger partial charge in [-0.05, 0) is 24.3 Å². The number of nitrogens with zero attached hydrogens (tertiary/aromatic N) is 2. The second-order valence-electron chi connectivity index (χ2n) is 5.27. The van der Waals surface area contributed by atoms with Crippen molar-refractivity contribution in [1.82, 2.24) is 0 Å². The minimum absolute atomic E-state index is 0.0897. The maximum atomic E-state index is 12.3. The van der Waals surface area contributed by atoms with E-state index >= 15 is 0 Å². The van der Waals surface area contributed by atoms with Crippen molar-refractivity contribution in [2.75, 3.05) is 26.2 Å². The first-order valence-electron chi connectivity index (χ1n) is 7.45. The van der Waals surface area contributed by atoms with Crippen LogP contribution in [0.4, 0.5) is 5.69 Å². The molecule has 0 atom stereocenters. The van der Waals surface area contributed by atoms with Gasteiger partial charge in [0.15, 0.2) is 17.2 Å². The van der Waals surface area contributed by atoms with E-state index < -0.39 is 5.97 Å². The minimum Gasteiger partial charge on any atom is -0.493 e. The molecule has 3 rings (SSSR count). The van der Waals surface area contributed by atoms with Crippen LogP contribution in [0.25, 0.3) is 0 Å². The number of hydrogen-bond acceptors (Lipinski definition) is 6. The Hall–Kier alpha value is -3.35. The molecule has 0 aromatic heterocycles. The molecule has 1 aliphatic rings. The number of ether oxygens (including phenoxy) is 2. The van der Waals surface area contributed by atoms with Gasteiger partial charge in [-0.1, -0.05) is 23.4 Å². The van der Waals surface area contributed by atoms with E-state index in [-0.39, 0.29) is 17.2 Å². The Balaban J connectivity index is 1.85. The molecule has 0 radical (unpaired) electrons. The first-order chi connectivity index (χ1) is 12.1. The lowest BCUT2D eigenvalue weighted by molar-refractivity contribution is -0.112. The van der Waals surface area contributed by atoms with Gasteiger partial charge in [-0.2, -0.15) is 0 Å². The molecule has 0 spiro atoms. The number of anilines is 1. The molecule has 0 saturated carbocycles. The Morgan fingerprint density at radius 1 is 1.04 bits per heavy atom. The fourth-order valence-corrected chi connectivity index (χ4v) is 2.54. The molecular weight excluding hydrogens is 324 g/mol. The van der Waals surface area contributed by atoms with Gasteiger partial charge >= 0.3 is 5.97 Å². The van der Waals surface area contributed by atoms with Gasteiger partial charge in [0.1, 0.15) is 0 Å². The lowest BCUT2D eigenvalue weighted by Gasteiger charge is -2.08. The fraction of sp³-hybridized carbons (Fsp3) is 0.167. The van der Waals surface area contributed by atoms with Crippen LogP contribution in [0, 0.1) is 0 Å². The van der Waals surface area contributed by atoms with Crippen LogP contribution in [0.2, 0.25) is 0 Å². The lowest BCUT2D eigenvalue weighted by Crippen LogP contribution is -2.25. The third-order valence-electron chi connectivity index (χ3n) is 3.87. The lowest BCUT2D eigenvalue weighted by atomic mass is 10.1. The highest BCUT2D eigenvalue weighted by Gasteiger charge is 2.32. The third kappa shape index (κ3) is 2.91. The smallest absolute Gasteiger partial charge is 0.365 e. The van der Waals surface area contributed by atoms with Crippen LogP contribution < -0.4 is 14.4 Å². The van der Waals surface area contributed by atoms with Crippen molar-refractivity contribution in [1.29, 1.82) is 0 Å². The maximum absolute atomic E-state index is 12.3. The Kier molecular flexibility index (Phi) is 4.38. The molecule has 1 amide bonds. The van der Waals surface area contributed by atoms with Gasteiger partial charge in [0, 0.05) is 12.6 Å². The summed E-state index contributed by atoms with van der Waals surface area (Å²) < 4.78 is 10.3. The summed E-state index contributed by atoms with van der Waals surface area (Å²) >= 11 is 0. The summed E-state index contributed by atoms with van der Waals surface area (Å²) in [5.74, 6) is -0.145.